The Hall–Kier alpha value is -5.48. The van der Waals surface area contributed by atoms with E-state index in [0.717, 1.165) is 70.4 Å². The fraction of sp³-hybridized carbons (Fsp3) is 0.542. The minimum atomic E-state index is -0.687. The molecule has 0 bridgehead atoms. The number of piperidine rings is 2. The third-order valence-corrected chi connectivity index (χ3v) is 14.0. The van der Waals surface area contributed by atoms with Gasteiger partial charge in [-0.25, -0.2) is 9.78 Å². The number of nitrogens with one attached hydrogen (secondary N) is 2. The van der Waals surface area contributed by atoms with Gasteiger partial charge >= 0.3 is 12.1 Å². The molecule has 0 spiro atoms. The molecule has 5 fully saturated rings. The van der Waals surface area contributed by atoms with Gasteiger partial charge in [-0.2, -0.15) is 0 Å². The lowest BCUT2D eigenvalue weighted by Crippen LogP contribution is -2.57. The number of nitrogens with zero attached hydrogens (tertiary/aromatic N) is 4. The van der Waals surface area contributed by atoms with Gasteiger partial charge in [0.1, 0.15) is 11.9 Å². The number of aromatic amines is 1. The van der Waals surface area contributed by atoms with Crippen molar-refractivity contribution < 1.29 is 33.4 Å². The molecule has 0 radical (unpaired) electrons. The van der Waals surface area contributed by atoms with E-state index in [1.54, 1.807) is 0 Å². The number of rotatable bonds is 10. The lowest BCUT2D eigenvalue weighted by atomic mass is 9.85. The van der Waals surface area contributed by atoms with E-state index in [9.17, 15) is 19.2 Å². The number of aliphatic imine (C=N–C) groups is 1. The van der Waals surface area contributed by atoms with Crippen molar-refractivity contribution in [2.75, 3.05) is 14.2 Å². The monoisotopic (exact) mass is 828 g/mol. The van der Waals surface area contributed by atoms with Gasteiger partial charge in [0.15, 0.2) is 0 Å². The third kappa shape index (κ3) is 8.19. The van der Waals surface area contributed by atoms with Crippen LogP contribution >= 0.6 is 0 Å². The highest BCUT2D eigenvalue weighted by Gasteiger charge is 2.58. The highest BCUT2D eigenvalue weighted by atomic mass is 16.5. The molecule has 3 aromatic rings. The lowest BCUT2D eigenvalue weighted by molar-refractivity contribution is -0.149. The van der Waals surface area contributed by atoms with Crippen LogP contribution in [0.2, 0.25) is 0 Å². The number of likely N-dealkylation sites (tertiary alicyclic amines) is 2. The van der Waals surface area contributed by atoms with Gasteiger partial charge < -0.3 is 34.3 Å². The number of ether oxygens (including phenoxy) is 3. The van der Waals surface area contributed by atoms with Crippen molar-refractivity contribution in [3.63, 3.8) is 0 Å². The normalized spacial score (nSPS) is 29.5. The van der Waals surface area contributed by atoms with Crippen LogP contribution in [0.5, 0.6) is 0 Å². The molecule has 320 valence electrons. The summed E-state index contributed by atoms with van der Waals surface area (Å²) in [5.41, 5.74) is 4.64. The molecule has 61 heavy (non-hydrogen) atoms. The van der Waals surface area contributed by atoms with Gasteiger partial charge in [-0.15, -0.1) is 0 Å². The number of fused-ring (bicyclic) bond motifs is 3. The highest BCUT2D eigenvalue weighted by molar-refractivity contribution is 5.99. The van der Waals surface area contributed by atoms with Gasteiger partial charge in [0.25, 0.3) is 0 Å². The first-order chi connectivity index (χ1) is 29.4. The van der Waals surface area contributed by atoms with E-state index in [4.69, 9.17) is 24.2 Å². The zero-order valence-electron chi connectivity index (χ0n) is 35.9. The number of H-pyrrole nitrogens is 1. The predicted molar refractivity (Wildman–Crippen MR) is 229 cm³/mol. The van der Waals surface area contributed by atoms with E-state index in [0.29, 0.717) is 31.1 Å². The summed E-state index contributed by atoms with van der Waals surface area (Å²) >= 11 is 0. The summed E-state index contributed by atoms with van der Waals surface area (Å²) < 4.78 is 15.8. The number of esters is 1. The zero-order valence-corrected chi connectivity index (χ0v) is 35.9. The molecule has 13 nitrogen and oxygen atoms in total. The average Bonchev–Trinajstić information content (AvgIpc) is 3.84. The van der Waals surface area contributed by atoms with E-state index < -0.39 is 18.1 Å². The standard InChI is InChI=1S/C48H56N6O7/c1-25(2)36(22-43(55)59-5)46(56)54-40-19-34(40)21-42(54)45-50-24-38(51-45)32-12-11-30-15-28(9-10-31(30)17-32)7-8-29-16-37(49-23-29)41-20-33-18-39(33)53(41)47(57)44(52-48(58)60-6)35-13-26(3)61-27(4)14-35/h9-12,15,17,23-27,33-36,39-42,44H,13-14,16,18-22H2,1-6H3,(H,50,51)(H,52,58)/t26-,27+,33-,34-,35?,36+,39-,40-,41+,42+,44?/m1/s1. The molecule has 2 aliphatic carbocycles. The molecule has 2 saturated carbocycles. The molecular weight excluding hydrogens is 773 g/mol. The van der Waals surface area contributed by atoms with Crippen molar-refractivity contribution >= 4 is 40.4 Å². The molecular formula is C48H56N6O7. The van der Waals surface area contributed by atoms with E-state index in [1.165, 1.54) is 14.2 Å². The van der Waals surface area contributed by atoms with Gasteiger partial charge in [-0.1, -0.05) is 43.9 Å². The molecule has 2 aromatic carbocycles. The summed E-state index contributed by atoms with van der Waals surface area (Å²) in [7, 11) is 2.69. The number of hydrogen-bond donors (Lipinski definition) is 2. The Morgan fingerprint density at radius 2 is 1.56 bits per heavy atom. The molecule has 2 N–H and O–H groups in total. The summed E-state index contributed by atoms with van der Waals surface area (Å²) in [4.78, 5) is 70.1. The first kappa shape index (κ1) is 40.9. The summed E-state index contributed by atoms with van der Waals surface area (Å²) in [6.45, 7) is 8.00. The second kappa shape index (κ2) is 16.4. The third-order valence-electron chi connectivity index (χ3n) is 14.0. The number of carbonyl (C=O) groups excluding carboxylic acids is 4. The van der Waals surface area contributed by atoms with Gasteiger partial charge in [0, 0.05) is 47.1 Å². The fourth-order valence-electron chi connectivity index (χ4n) is 10.6. The largest absolute Gasteiger partial charge is 0.469 e. The SMILES string of the molecule is COC(=O)C[C@H](C(=O)N1[C@@H]2C[C@@H]2C[C@H]1c1ncc(-c2ccc3cc(C#CC4=CN=C([C@@H]5C[C@H]6C[C@H]6N5C(=O)C(NC(=O)OC)C5C[C@@H](C)O[C@@H](C)C5)C4)ccc3c2)[nH]1)C(C)C. The van der Waals surface area contributed by atoms with Crippen molar-refractivity contribution in [1.82, 2.24) is 25.1 Å². The number of amides is 3. The number of alkyl carbamates (subject to hydrolysis) is 1. The van der Waals surface area contributed by atoms with E-state index >= 15 is 0 Å². The van der Waals surface area contributed by atoms with Crippen molar-refractivity contribution in [2.45, 2.75) is 121 Å². The van der Waals surface area contributed by atoms with Crippen molar-refractivity contribution in [3.05, 3.63) is 65.8 Å². The summed E-state index contributed by atoms with van der Waals surface area (Å²) in [6, 6.07) is 11.9. The molecule has 9 rings (SSSR count). The first-order valence-electron chi connectivity index (χ1n) is 22.0. The van der Waals surface area contributed by atoms with Crippen LogP contribution in [0.25, 0.3) is 22.0 Å². The lowest BCUT2D eigenvalue weighted by Gasteiger charge is -2.39. The summed E-state index contributed by atoms with van der Waals surface area (Å²) in [5, 5.41) is 5.03. The van der Waals surface area contributed by atoms with E-state index in [-0.39, 0.29) is 72.4 Å². The van der Waals surface area contributed by atoms with Gasteiger partial charge in [-0.05, 0) is 105 Å². The Kier molecular flexibility index (Phi) is 11.0. The predicted octanol–water partition coefficient (Wildman–Crippen LogP) is 6.72. The maximum atomic E-state index is 14.4. The Morgan fingerprint density at radius 1 is 0.869 bits per heavy atom. The first-order valence-corrected chi connectivity index (χ1v) is 22.0. The molecule has 3 amide bonds. The summed E-state index contributed by atoms with van der Waals surface area (Å²) in [6.07, 6.45) is 8.84. The number of hydrogen-bond acceptors (Lipinski definition) is 9. The van der Waals surface area contributed by atoms with Crippen LogP contribution in [0.15, 0.2) is 59.4 Å². The van der Waals surface area contributed by atoms with Crippen molar-refractivity contribution in [1.29, 1.82) is 0 Å². The molecule has 1 aromatic heterocycles. The number of carbonyl (C=O) groups is 4. The van der Waals surface area contributed by atoms with E-state index in [1.807, 2.05) is 56.0 Å². The molecule has 4 aliphatic heterocycles. The number of imidazole rings is 1. The summed E-state index contributed by atoms with van der Waals surface area (Å²) in [5.74, 6) is 7.51. The van der Waals surface area contributed by atoms with Crippen LogP contribution in [-0.2, 0) is 28.6 Å². The second-order valence-corrected chi connectivity index (χ2v) is 18.5. The fourth-order valence-corrected chi connectivity index (χ4v) is 10.6. The van der Waals surface area contributed by atoms with E-state index in [2.05, 4.69) is 52.5 Å². The van der Waals surface area contributed by atoms with Crippen molar-refractivity contribution in [3.8, 4) is 23.1 Å². The molecule has 13 heteroatoms. The quantitative estimate of drug-likeness (QED) is 0.169. The second-order valence-electron chi connectivity index (χ2n) is 18.5. The Bertz CT molecular complexity index is 2360. The number of methoxy groups -OCH3 is 2. The van der Waals surface area contributed by atoms with Crippen LogP contribution in [0.3, 0.4) is 0 Å². The smallest absolute Gasteiger partial charge is 0.407 e. The number of allylic oxidation sites excluding steroid dienone is 1. The Labute approximate surface area is 357 Å². The highest BCUT2D eigenvalue weighted by Crippen LogP contribution is 2.54. The topological polar surface area (TPSA) is 156 Å². The Morgan fingerprint density at radius 3 is 2.26 bits per heavy atom. The average molecular weight is 829 g/mol. The van der Waals surface area contributed by atoms with Crippen LogP contribution in [0, 0.1) is 41.4 Å². The van der Waals surface area contributed by atoms with Crippen LogP contribution in [-0.4, -0.2) is 100.0 Å². The molecule has 3 saturated heterocycles. The molecule has 5 heterocycles. The molecule has 11 atom stereocenters. The zero-order chi connectivity index (χ0) is 42.7. The van der Waals surface area contributed by atoms with Crippen molar-refractivity contribution in [2.24, 2.45) is 34.6 Å². The van der Waals surface area contributed by atoms with Crippen LogP contribution in [0.1, 0.15) is 96.5 Å². The number of aromatic nitrogens is 2. The minimum absolute atomic E-state index is 0.00262. The van der Waals surface area contributed by atoms with Gasteiger partial charge in [0.05, 0.1) is 62.7 Å². The maximum absolute atomic E-state index is 14.4. The van der Waals surface area contributed by atoms with Gasteiger partial charge in [0.2, 0.25) is 11.8 Å². The van der Waals surface area contributed by atoms with Crippen LogP contribution < -0.4 is 5.32 Å². The maximum Gasteiger partial charge on any atom is 0.407 e. The Balaban J connectivity index is 0.852. The van der Waals surface area contributed by atoms with Crippen LogP contribution in [0.4, 0.5) is 4.79 Å². The van der Waals surface area contributed by atoms with Gasteiger partial charge in [-0.3, -0.25) is 19.4 Å². The number of benzene rings is 2. The molecule has 6 aliphatic rings. The minimum Gasteiger partial charge on any atom is -0.469 e. The molecule has 2 unspecified atom stereocenters.